The van der Waals surface area contributed by atoms with Crippen molar-refractivity contribution in [1.29, 1.82) is 0 Å². The van der Waals surface area contributed by atoms with Gasteiger partial charge in [-0.2, -0.15) is 0 Å². The minimum Gasteiger partial charge on any atom is -0.449 e. The van der Waals surface area contributed by atoms with Crippen molar-refractivity contribution >= 4 is 36.7 Å². The third-order valence-corrected chi connectivity index (χ3v) is 7.69. The van der Waals surface area contributed by atoms with E-state index in [0.717, 1.165) is 11.1 Å². The second kappa shape index (κ2) is 10.1. The zero-order valence-corrected chi connectivity index (χ0v) is 22.6. The van der Waals surface area contributed by atoms with Gasteiger partial charge in [-0.15, -0.1) is 10.2 Å². The first-order valence-electron chi connectivity index (χ1n) is 12.5. The van der Waals surface area contributed by atoms with E-state index >= 15 is 0 Å². The number of ether oxygens (including phenoxy) is 1. The molecule has 1 aromatic heterocycles. The lowest BCUT2D eigenvalue weighted by molar-refractivity contribution is 0.00578. The van der Waals surface area contributed by atoms with Crippen LogP contribution >= 0.6 is 11.6 Å². The predicted octanol–water partition coefficient (Wildman–Crippen LogP) is 5.27. The number of nitrogens with one attached hydrogen (secondary N) is 1. The molecule has 0 unspecified atom stereocenters. The molecule has 1 fully saturated rings. The highest BCUT2D eigenvalue weighted by atomic mass is 35.5. The van der Waals surface area contributed by atoms with Gasteiger partial charge in [-0.25, -0.2) is 4.79 Å². The van der Waals surface area contributed by atoms with E-state index in [4.69, 9.17) is 31.4 Å². The monoisotopic (exact) mass is 532 g/mol. The number of rotatable bonds is 6. The van der Waals surface area contributed by atoms with Crippen LogP contribution in [0.4, 0.5) is 10.6 Å². The van der Waals surface area contributed by atoms with Gasteiger partial charge in [0, 0.05) is 18.0 Å². The Hall–Kier alpha value is -3.40. The summed E-state index contributed by atoms with van der Waals surface area (Å²) in [7, 11) is -0.722. The number of nitrogens with two attached hydrogens (primary N) is 1. The van der Waals surface area contributed by atoms with Crippen molar-refractivity contribution in [3.05, 3.63) is 81.9 Å². The van der Waals surface area contributed by atoms with E-state index in [2.05, 4.69) is 39.8 Å². The molecule has 1 aliphatic carbocycles. The smallest absolute Gasteiger partial charge is 0.449 e. The van der Waals surface area contributed by atoms with Crippen LogP contribution in [0.1, 0.15) is 50.3 Å². The summed E-state index contributed by atoms with van der Waals surface area (Å²) in [6.45, 7) is 8.16. The molecule has 0 saturated carbocycles. The van der Waals surface area contributed by atoms with Crippen molar-refractivity contribution in [2.45, 2.75) is 44.8 Å². The fourth-order valence-electron chi connectivity index (χ4n) is 4.73. The third-order valence-electron chi connectivity index (χ3n) is 7.50. The largest absolute Gasteiger partial charge is 0.492 e. The van der Waals surface area contributed by atoms with Gasteiger partial charge in [0.05, 0.1) is 11.2 Å². The average Bonchev–Trinajstić information content (AvgIpc) is 3.31. The van der Waals surface area contributed by atoms with Gasteiger partial charge in [-0.05, 0) is 61.5 Å². The number of fused-ring (bicyclic) bond motifs is 3. The first kappa shape index (κ1) is 26.2. The molecule has 2 aliphatic rings. The Morgan fingerprint density at radius 1 is 1.05 bits per heavy atom. The van der Waals surface area contributed by atoms with Crippen molar-refractivity contribution < 1.29 is 18.8 Å². The van der Waals surface area contributed by atoms with E-state index in [-0.39, 0.29) is 30.0 Å². The maximum Gasteiger partial charge on any atom is 0.492 e. The molecule has 2 heterocycles. The lowest BCUT2D eigenvalue weighted by Gasteiger charge is -2.32. The van der Waals surface area contributed by atoms with Gasteiger partial charge in [0.25, 0.3) is 0 Å². The van der Waals surface area contributed by atoms with E-state index in [1.54, 1.807) is 12.1 Å². The quantitative estimate of drug-likeness (QED) is 0.417. The summed E-state index contributed by atoms with van der Waals surface area (Å²) >= 11 is 6.04. The summed E-state index contributed by atoms with van der Waals surface area (Å²) in [6, 6.07) is 18.0. The average molecular weight is 533 g/mol. The molecule has 38 heavy (non-hydrogen) atoms. The number of nitrogen functional groups attached to an aromatic ring is 1. The van der Waals surface area contributed by atoms with E-state index in [1.807, 2.05) is 52.0 Å². The van der Waals surface area contributed by atoms with Gasteiger partial charge in [-0.3, -0.25) is 0 Å². The fourth-order valence-corrected chi connectivity index (χ4v) is 4.88. The van der Waals surface area contributed by atoms with Crippen molar-refractivity contribution in [3.63, 3.8) is 0 Å². The third kappa shape index (κ3) is 5.01. The summed E-state index contributed by atoms with van der Waals surface area (Å²) in [4.78, 5) is 12.9. The van der Waals surface area contributed by atoms with Crippen molar-refractivity contribution in [1.82, 2.24) is 15.5 Å². The summed E-state index contributed by atoms with van der Waals surface area (Å²) in [5, 5.41) is 10.7. The molecule has 5 rings (SSSR count). The van der Waals surface area contributed by atoms with Gasteiger partial charge in [-0.1, -0.05) is 66.2 Å². The van der Waals surface area contributed by atoms with Crippen LogP contribution in [0.15, 0.2) is 60.1 Å². The number of benzene rings is 2. The molecule has 0 radical (unpaired) electrons. The Morgan fingerprint density at radius 3 is 2.24 bits per heavy atom. The summed E-state index contributed by atoms with van der Waals surface area (Å²) in [6.07, 6.45) is 1.20. The fraction of sp³-hybridized carbons (Fsp3) is 0.321. The Labute approximate surface area is 227 Å². The standard InChI is InChI=1S/C28H30BClN4O4/c1-27(2)28(3,4)38-29(37-27)18(13-17-14-24(30)33-34-25(17)31)15-32-26(35)36-16-23-21-11-7-5-9-19(21)20-10-6-8-12-22(20)23/h5-14,23H,15-16H2,1-4H3,(H2,31,34)(H,32,35). The molecule has 0 spiro atoms. The van der Waals surface area contributed by atoms with Gasteiger partial charge < -0.3 is 25.1 Å². The molecule has 196 valence electrons. The van der Waals surface area contributed by atoms with Gasteiger partial charge in [0.1, 0.15) is 6.61 Å². The molecule has 0 bridgehead atoms. The van der Waals surface area contributed by atoms with E-state index in [9.17, 15) is 4.79 Å². The molecule has 0 atom stereocenters. The number of carbonyl (C=O) groups excluding carboxylic acids is 1. The number of halogens is 1. The Morgan fingerprint density at radius 2 is 1.63 bits per heavy atom. The van der Waals surface area contributed by atoms with E-state index < -0.39 is 24.4 Å². The van der Waals surface area contributed by atoms with E-state index in [1.165, 1.54) is 11.1 Å². The minimum absolute atomic E-state index is 0.0314. The Kier molecular flexibility index (Phi) is 6.94. The molecule has 8 nitrogen and oxygen atoms in total. The molecule has 1 aliphatic heterocycles. The van der Waals surface area contributed by atoms with Crippen LogP contribution in [0, 0.1) is 0 Å². The zero-order valence-electron chi connectivity index (χ0n) is 21.8. The normalized spacial score (nSPS) is 17.7. The zero-order chi connectivity index (χ0) is 27.1. The van der Waals surface area contributed by atoms with Crippen molar-refractivity contribution in [2.24, 2.45) is 0 Å². The predicted molar refractivity (Wildman–Crippen MR) is 149 cm³/mol. The molecule has 3 aromatic rings. The number of hydrogen-bond acceptors (Lipinski definition) is 7. The Balaban J connectivity index is 1.31. The topological polar surface area (TPSA) is 109 Å². The maximum absolute atomic E-state index is 12.9. The van der Waals surface area contributed by atoms with Crippen molar-refractivity contribution in [3.8, 4) is 11.1 Å². The molecule has 1 saturated heterocycles. The highest BCUT2D eigenvalue weighted by Gasteiger charge is 2.52. The highest BCUT2D eigenvalue weighted by molar-refractivity contribution is 6.56. The number of alkyl carbamates (subject to hydrolysis) is 1. The highest BCUT2D eigenvalue weighted by Crippen LogP contribution is 2.44. The molecule has 3 N–H and O–H groups in total. The van der Waals surface area contributed by atoms with Crippen LogP contribution in [0.3, 0.4) is 0 Å². The number of carbonyl (C=O) groups is 1. The van der Waals surface area contributed by atoms with E-state index in [0.29, 0.717) is 11.0 Å². The number of hydrogen-bond donors (Lipinski definition) is 2. The minimum atomic E-state index is -0.722. The lowest BCUT2D eigenvalue weighted by atomic mass is 9.77. The maximum atomic E-state index is 12.9. The van der Waals surface area contributed by atoms with Gasteiger partial charge in [0.15, 0.2) is 11.0 Å². The first-order valence-corrected chi connectivity index (χ1v) is 12.9. The number of nitrogens with zero attached hydrogens (tertiary/aromatic N) is 2. The molecule has 1 amide bonds. The number of aromatic nitrogens is 2. The summed E-state index contributed by atoms with van der Waals surface area (Å²) in [5.41, 5.74) is 10.7. The molecule has 2 aromatic carbocycles. The molecule has 10 heteroatoms. The molecular formula is C28H30BClN4O4. The van der Waals surface area contributed by atoms with Crippen molar-refractivity contribution in [2.75, 3.05) is 18.9 Å². The summed E-state index contributed by atoms with van der Waals surface area (Å²) in [5.74, 6) is 0.167. The summed E-state index contributed by atoms with van der Waals surface area (Å²) < 4.78 is 18.2. The van der Waals surface area contributed by atoms with Gasteiger partial charge >= 0.3 is 13.2 Å². The second-order valence-corrected chi connectivity index (χ2v) is 10.9. The van der Waals surface area contributed by atoms with Crippen LogP contribution < -0.4 is 11.1 Å². The molecular weight excluding hydrogens is 503 g/mol. The SMILES string of the molecule is CC1(C)OB(C(=Cc2cc(Cl)nnc2N)CNC(=O)OCC2c3ccccc3-c3ccccc32)OC1(C)C. The van der Waals surface area contributed by atoms with Crippen LogP contribution in [0.25, 0.3) is 17.2 Å². The second-order valence-electron chi connectivity index (χ2n) is 10.5. The van der Waals surface area contributed by atoms with Gasteiger partial charge in [0.2, 0.25) is 0 Å². The number of amides is 1. The van der Waals surface area contributed by atoms with Crippen LogP contribution in [0.2, 0.25) is 5.15 Å². The lowest BCUT2D eigenvalue weighted by Crippen LogP contribution is -2.41. The van der Waals surface area contributed by atoms with Crippen LogP contribution in [-0.2, 0) is 14.0 Å². The van der Waals surface area contributed by atoms with Crippen LogP contribution in [-0.4, -0.2) is 47.8 Å². The van der Waals surface area contributed by atoms with Crippen LogP contribution in [0.5, 0.6) is 0 Å². The number of anilines is 1. The Bertz CT molecular complexity index is 1350. The first-order chi connectivity index (χ1) is 18.1.